The Hall–Kier alpha value is -3.05. The minimum absolute atomic E-state index is 0.190. The van der Waals surface area contributed by atoms with Crippen LogP contribution in [0.5, 0.6) is 0 Å². The summed E-state index contributed by atoms with van der Waals surface area (Å²) >= 11 is 0. The van der Waals surface area contributed by atoms with Gasteiger partial charge in [0.25, 0.3) is 5.91 Å². The van der Waals surface area contributed by atoms with Crippen molar-refractivity contribution in [2.24, 2.45) is 0 Å². The van der Waals surface area contributed by atoms with Crippen LogP contribution in [-0.2, 0) is 6.42 Å². The zero-order valence-electron chi connectivity index (χ0n) is 15.0. The van der Waals surface area contributed by atoms with Gasteiger partial charge < -0.3 is 10.4 Å². The average Bonchev–Trinajstić information content (AvgIpc) is 2.70. The molecular formula is C22H21FN2O2. The first-order valence-electron chi connectivity index (χ1n) is 8.68. The predicted octanol–water partition coefficient (Wildman–Crippen LogP) is 3.61. The van der Waals surface area contributed by atoms with E-state index in [9.17, 15) is 14.3 Å². The van der Waals surface area contributed by atoms with Gasteiger partial charge >= 0.3 is 0 Å². The largest absolute Gasteiger partial charge is 0.394 e. The molecule has 2 N–H and O–H groups in total. The summed E-state index contributed by atoms with van der Waals surface area (Å²) in [6, 6.07) is 17.3. The smallest absolute Gasteiger partial charge is 0.251 e. The van der Waals surface area contributed by atoms with Crippen LogP contribution in [0.15, 0.2) is 73.1 Å². The number of halogens is 1. The molecule has 0 fully saturated rings. The van der Waals surface area contributed by atoms with E-state index in [2.05, 4.69) is 10.3 Å². The highest BCUT2D eigenvalue weighted by molar-refractivity contribution is 5.95. The van der Waals surface area contributed by atoms with Crippen molar-refractivity contribution in [3.05, 3.63) is 90.0 Å². The van der Waals surface area contributed by atoms with Crippen LogP contribution >= 0.6 is 0 Å². The van der Waals surface area contributed by atoms with Crippen LogP contribution in [0.25, 0.3) is 11.1 Å². The Labute approximate surface area is 157 Å². The summed E-state index contributed by atoms with van der Waals surface area (Å²) in [5.74, 6) is -0.673. The van der Waals surface area contributed by atoms with Gasteiger partial charge in [-0.2, -0.15) is 0 Å². The maximum absolute atomic E-state index is 13.9. The van der Waals surface area contributed by atoms with Crippen molar-refractivity contribution in [1.82, 2.24) is 10.3 Å². The van der Waals surface area contributed by atoms with Crippen molar-refractivity contribution in [1.29, 1.82) is 0 Å². The lowest BCUT2D eigenvalue weighted by molar-refractivity contribution is 0.0851. The Kier molecular flexibility index (Phi) is 5.62. The first-order valence-corrected chi connectivity index (χ1v) is 8.68. The lowest BCUT2D eigenvalue weighted by atomic mass is 9.92. The maximum atomic E-state index is 13.9. The number of aliphatic hydroxyl groups excluding tert-OH is 1. The van der Waals surface area contributed by atoms with E-state index in [-0.39, 0.29) is 24.8 Å². The zero-order valence-corrected chi connectivity index (χ0v) is 15.0. The molecule has 5 heteroatoms. The molecule has 1 atom stereocenters. The Morgan fingerprint density at radius 2 is 1.81 bits per heavy atom. The van der Waals surface area contributed by atoms with Crippen LogP contribution in [0, 0.1) is 5.82 Å². The van der Waals surface area contributed by atoms with E-state index in [0.717, 1.165) is 11.1 Å². The molecule has 138 valence electrons. The molecule has 0 aliphatic carbocycles. The van der Waals surface area contributed by atoms with Crippen molar-refractivity contribution in [3.8, 4) is 11.1 Å². The van der Waals surface area contributed by atoms with Crippen LogP contribution in [0.3, 0.4) is 0 Å². The summed E-state index contributed by atoms with van der Waals surface area (Å²) < 4.78 is 13.9. The van der Waals surface area contributed by atoms with Gasteiger partial charge in [-0.1, -0.05) is 36.4 Å². The number of carbonyl (C=O) groups excluding carboxylic acids is 1. The molecule has 1 amide bonds. The van der Waals surface area contributed by atoms with Gasteiger partial charge in [-0.05, 0) is 47.9 Å². The standard InChI is InChI=1S/C22H21FN2O2/c1-22(15-26,13-18-5-2-3-7-20(18)23)25-21(27)17-10-8-16(9-11-17)19-6-4-12-24-14-19/h2-12,14,26H,13,15H2,1H3,(H,25,27). The highest BCUT2D eigenvalue weighted by Crippen LogP contribution is 2.20. The lowest BCUT2D eigenvalue weighted by Crippen LogP contribution is -2.50. The fraction of sp³-hybridized carbons (Fsp3) is 0.182. The Balaban J connectivity index is 1.74. The molecule has 4 nitrogen and oxygen atoms in total. The highest BCUT2D eigenvalue weighted by Gasteiger charge is 2.27. The third-order valence-electron chi connectivity index (χ3n) is 4.44. The number of hydrogen-bond acceptors (Lipinski definition) is 3. The van der Waals surface area contributed by atoms with Gasteiger partial charge in [0, 0.05) is 24.4 Å². The van der Waals surface area contributed by atoms with Crippen molar-refractivity contribution < 1.29 is 14.3 Å². The molecule has 0 bridgehead atoms. The normalized spacial score (nSPS) is 13.0. The summed E-state index contributed by atoms with van der Waals surface area (Å²) in [5, 5.41) is 12.6. The molecule has 0 saturated carbocycles. The van der Waals surface area contributed by atoms with E-state index in [1.54, 1.807) is 49.6 Å². The number of nitrogens with zero attached hydrogens (tertiary/aromatic N) is 1. The van der Waals surface area contributed by atoms with Crippen molar-refractivity contribution in [2.75, 3.05) is 6.61 Å². The number of nitrogens with one attached hydrogen (secondary N) is 1. The Bertz CT molecular complexity index is 913. The molecule has 0 aliphatic rings. The maximum Gasteiger partial charge on any atom is 0.251 e. The van der Waals surface area contributed by atoms with E-state index in [0.29, 0.717) is 11.1 Å². The molecule has 3 rings (SSSR count). The van der Waals surface area contributed by atoms with E-state index in [1.807, 2.05) is 24.3 Å². The second-order valence-electron chi connectivity index (χ2n) is 6.76. The first kappa shape index (κ1) is 18.7. The number of benzene rings is 2. The lowest BCUT2D eigenvalue weighted by Gasteiger charge is -2.29. The van der Waals surface area contributed by atoms with Gasteiger partial charge in [0.05, 0.1) is 12.1 Å². The Morgan fingerprint density at radius 3 is 2.44 bits per heavy atom. The van der Waals surface area contributed by atoms with E-state index in [4.69, 9.17) is 0 Å². The fourth-order valence-corrected chi connectivity index (χ4v) is 2.90. The second-order valence-corrected chi connectivity index (χ2v) is 6.76. The van der Waals surface area contributed by atoms with Crippen LogP contribution < -0.4 is 5.32 Å². The predicted molar refractivity (Wildman–Crippen MR) is 103 cm³/mol. The second kappa shape index (κ2) is 8.10. The molecular weight excluding hydrogens is 343 g/mol. The van der Waals surface area contributed by atoms with Crippen molar-refractivity contribution >= 4 is 5.91 Å². The van der Waals surface area contributed by atoms with E-state index in [1.165, 1.54) is 6.07 Å². The molecule has 1 aromatic heterocycles. The molecule has 1 unspecified atom stereocenters. The number of pyridine rings is 1. The molecule has 0 saturated heterocycles. The van der Waals surface area contributed by atoms with Crippen molar-refractivity contribution in [2.45, 2.75) is 18.9 Å². The summed E-state index contributed by atoms with van der Waals surface area (Å²) in [4.78, 5) is 16.7. The number of carbonyl (C=O) groups is 1. The molecule has 2 aromatic carbocycles. The van der Waals surface area contributed by atoms with Gasteiger partial charge in [-0.25, -0.2) is 4.39 Å². The van der Waals surface area contributed by atoms with Gasteiger partial charge in [0.1, 0.15) is 5.82 Å². The van der Waals surface area contributed by atoms with Gasteiger partial charge in [0.2, 0.25) is 0 Å². The van der Waals surface area contributed by atoms with Gasteiger partial charge in [-0.3, -0.25) is 9.78 Å². The molecule has 1 heterocycles. The monoisotopic (exact) mass is 364 g/mol. The Morgan fingerprint density at radius 1 is 1.07 bits per heavy atom. The number of aliphatic hydroxyl groups is 1. The zero-order chi connectivity index (χ0) is 19.3. The van der Waals surface area contributed by atoms with E-state index >= 15 is 0 Å². The molecule has 0 radical (unpaired) electrons. The highest BCUT2D eigenvalue weighted by atomic mass is 19.1. The molecule has 0 aliphatic heterocycles. The summed E-state index contributed by atoms with van der Waals surface area (Å²) in [6.07, 6.45) is 3.65. The number of amides is 1. The minimum atomic E-state index is -0.971. The van der Waals surface area contributed by atoms with Crippen LogP contribution in [0.2, 0.25) is 0 Å². The molecule has 0 spiro atoms. The molecule has 27 heavy (non-hydrogen) atoms. The van der Waals surface area contributed by atoms with Crippen LogP contribution in [0.4, 0.5) is 4.39 Å². The van der Waals surface area contributed by atoms with Gasteiger partial charge in [0.15, 0.2) is 0 Å². The minimum Gasteiger partial charge on any atom is -0.394 e. The summed E-state index contributed by atoms with van der Waals surface area (Å²) in [6.45, 7) is 1.39. The SMILES string of the molecule is CC(CO)(Cc1ccccc1F)NC(=O)c1ccc(-c2cccnc2)cc1. The van der Waals surface area contributed by atoms with Crippen molar-refractivity contribution in [3.63, 3.8) is 0 Å². The summed E-state index contributed by atoms with van der Waals surface area (Å²) in [7, 11) is 0. The first-order chi connectivity index (χ1) is 13.0. The third-order valence-corrected chi connectivity index (χ3v) is 4.44. The quantitative estimate of drug-likeness (QED) is 0.702. The average molecular weight is 364 g/mol. The third kappa shape index (κ3) is 4.57. The topological polar surface area (TPSA) is 62.2 Å². The van der Waals surface area contributed by atoms with Gasteiger partial charge in [-0.15, -0.1) is 0 Å². The molecule has 3 aromatic rings. The number of rotatable bonds is 6. The van der Waals surface area contributed by atoms with E-state index < -0.39 is 5.54 Å². The number of aromatic nitrogens is 1. The number of hydrogen-bond donors (Lipinski definition) is 2. The van der Waals surface area contributed by atoms with Crippen LogP contribution in [0.1, 0.15) is 22.8 Å². The summed E-state index contributed by atoms with van der Waals surface area (Å²) in [5.41, 5.74) is 1.86. The fourth-order valence-electron chi connectivity index (χ4n) is 2.90. The van der Waals surface area contributed by atoms with Crippen LogP contribution in [-0.4, -0.2) is 28.1 Å².